The summed E-state index contributed by atoms with van der Waals surface area (Å²) in [6.07, 6.45) is 3.10. The number of benzene rings is 1. The predicted octanol–water partition coefficient (Wildman–Crippen LogP) is 0.998. The lowest BCUT2D eigenvalue weighted by molar-refractivity contribution is 0.602. The van der Waals surface area contributed by atoms with Gasteiger partial charge in [-0.1, -0.05) is 18.2 Å². The molecule has 2 N–H and O–H groups in total. The fraction of sp³-hybridized carbons (Fsp3) is 0.235. The molecule has 0 unspecified atom stereocenters. The summed E-state index contributed by atoms with van der Waals surface area (Å²) in [5.74, 6) is 1.39. The normalized spacial score (nSPS) is 12.3. The SMILES string of the molecule is CN=C(NCc1ccc(S(C)(=O)=O)cc1)NCc1nnc2ccccn12. The number of aromatic nitrogens is 3. The lowest BCUT2D eigenvalue weighted by atomic mass is 10.2. The van der Waals surface area contributed by atoms with Gasteiger partial charge in [0, 0.05) is 26.0 Å². The Hall–Kier alpha value is -2.94. The van der Waals surface area contributed by atoms with E-state index in [9.17, 15) is 8.42 Å². The number of fused-ring (bicyclic) bond motifs is 1. The van der Waals surface area contributed by atoms with Crippen molar-refractivity contribution in [3.8, 4) is 0 Å². The smallest absolute Gasteiger partial charge is 0.191 e. The zero-order chi connectivity index (χ0) is 18.6. The van der Waals surface area contributed by atoms with E-state index in [0.717, 1.165) is 17.0 Å². The molecule has 2 heterocycles. The number of pyridine rings is 1. The number of aliphatic imine (C=N–C) groups is 1. The second-order valence-corrected chi connectivity index (χ2v) is 7.76. The van der Waals surface area contributed by atoms with Crippen molar-refractivity contribution in [2.45, 2.75) is 18.0 Å². The number of nitrogens with zero attached hydrogens (tertiary/aromatic N) is 4. The first-order valence-corrected chi connectivity index (χ1v) is 9.88. The van der Waals surface area contributed by atoms with Crippen LogP contribution in [-0.4, -0.2) is 42.3 Å². The molecule has 0 saturated carbocycles. The van der Waals surface area contributed by atoms with Gasteiger partial charge in [-0.05, 0) is 29.8 Å². The molecule has 26 heavy (non-hydrogen) atoms. The lowest BCUT2D eigenvalue weighted by Crippen LogP contribution is -2.36. The van der Waals surface area contributed by atoms with E-state index >= 15 is 0 Å². The van der Waals surface area contributed by atoms with Crippen LogP contribution in [0.25, 0.3) is 5.65 Å². The number of nitrogens with one attached hydrogen (secondary N) is 2. The molecule has 2 aromatic heterocycles. The highest BCUT2D eigenvalue weighted by Crippen LogP contribution is 2.10. The number of guanidine groups is 1. The van der Waals surface area contributed by atoms with E-state index in [0.29, 0.717) is 23.9 Å². The van der Waals surface area contributed by atoms with Crippen LogP contribution in [0.1, 0.15) is 11.4 Å². The molecule has 0 bridgehead atoms. The molecular weight excluding hydrogens is 352 g/mol. The predicted molar refractivity (Wildman–Crippen MR) is 99.6 cm³/mol. The summed E-state index contributed by atoms with van der Waals surface area (Å²) >= 11 is 0. The molecule has 1 aromatic carbocycles. The summed E-state index contributed by atoms with van der Waals surface area (Å²) < 4.78 is 24.9. The summed E-state index contributed by atoms with van der Waals surface area (Å²) in [7, 11) is -1.49. The molecule has 136 valence electrons. The van der Waals surface area contributed by atoms with Crippen molar-refractivity contribution in [2.75, 3.05) is 13.3 Å². The molecule has 0 amide bonds. The van der Waals surface area contributed by atoms with E-state index in [-0.39, 0.29) is 0 Å². The zero-order valence-electron chi connectivity index (χ0n) is 14.5. The van der Waals surface area contributed by atoms with Crippen LogP contribution in [-0.2, 0) is 22.9 Å². The van der Waals surface area contributed by atoms with Crippen molar-refractivity contribution < 1.29 is 8.42 Å². The molecule has 9 heteroatoms. The molecule has 0 spiro atoms. The lowest BCUT2D eigenvalue weighted by Gasteiger charge is -2.11. The van der Waals surface area contributed by atoms with Gasteiger partial charge < -0.3 is 10.6 Å². The minimum Gasteiger partial charge on any atom is -0.352 e. The quantitative estimate of drug-likeness (QED) is 0.512. The molecular formula is C17H20N6O2S. The van der Waals surface area contributed by atoms with Gasteiger partial charge in [0.1, 0.15) is 0 Å². The maximum absolute atomic E-state index is 11.5. The van der Waals surface area contributed by atoms with Gasteiger partial charge >= 0.3 is 0 Å². The Kier molecular flexibility index (Phi) is 5.17. The molecule has 0 aliphatic rings. The molecule has 3 rings (SSSR count). The first-order chi connectivity index (χ1) is 12.5. The van der Waals surface area contributed by atoms with Crippen LogP contribution in [0.2, 0.25) is 0 Å². The third kappa shape index (κ3) is 4.17. The monoisotopic (exact) mass is 372 g/mol. The van der Waals surface area contributed by atoms with E-state index in [2.05, 4.69) is 25.8 Å². The number of rotatable bonds is 5. The van der Waals surface area contributed by atoms with Gasteiger partial charge in [0.2, 0.25) is 0 Å². The van der Waals surface area contributed by atoms with Crippen LogP contribution < -0.4 is 10.6 Å². The minimum atomic E-state index is -3.18. The van der Waals surface area contributed by atoms with E-state index in [1.165, 1.54) is 6.26 Å². The fourth-order valence-corrected chi connectivity index (χ4v) is 3.07. The third-order valence-electron chi connectivity index (χ3n) is 3.83. The van der Waals surface area contributed by atoms with Crippen molar-refractivity contribution in [1.82, 2.24) is 25.2 Å². The maximum atomic E-state index is 11.5. The van der Waals surface area contributed by atoms with Crippen LogP contribution in [0.3, 0.4) is 0 Å². The van der Waals surface area contributed by atoms with Gasteiger partial charge in [-0.3, -0.25) is 9.39 Å². The number of hydrogen-bond donors (Lipinski definition) is 2. The van der Waals surface area contributed by atoms with Crippen molar-refractivity contribution in [2.24, 2.45) is 4.99 Å². The first-order valence-electron chi connectivity index (χ1n) is 7.99. The highest BCUT2D eigenvalue weighted by Gasteiger charge is 2.07. The van der Waals surface area contributed by atoms with E-state index in [4.69, 9.17) is 0 Å². The van der Waals surface area contributed by atoms with E-state index in [1.54, 1.807) is 31.3 Å². The number of sulfone groups is 1. The zero-order valence-corrected chi connectivity index (χ0v) is 15.4. The summed E-state index contributed by atoms with van der Waals surface area (Å²) in [4.78, 5) is 4.49. The van der Waals surface area contributed by atoms with Crippen LogP contribution in [0.4, 0.5) is 0 Å². The van der Waals surface area contributed by atoms with Gasteiger partial charge in [-0.15, -0.1) is 10.2 Å². The third-order valence-corrected chi connectivity index (χ3v) is 4.96. The van der Waals surface area contributed by atoms with Gasteiger partial charge in [-0.2, -0.15) is 0 Å². The van der Waals surface area contributed by atoms with Crippen LogP contribution in [0, 0.1) is 0 Å². The average molecular weight is 372 g/mol. The van der Waals surface area contributed by atoms with Crippen molar-refractivity contribution >= 4 is 21.4 Å². The molecule has 0 fully saturated rings. The maximum Gasteiger partial charge on any atom is 0.191 e. The van der Waals surface area contributed by atoms with Crippen LogP contribution in [0.5, 0.6) is 0 Å². The second-order valence-electron chi connectivity index (χ2n) is 5.74. The summed E-state index contributed by atoms with van der Waals surface area (Å²) in [6.45, 7) is 0.988. The Bertz CT molecular complexity index is 1020. The molecule has 0 aliphatic heterocycles. The highest BCUT2D eigenvalue weighted by molar-refractivity contribution is 7.90. The summed E-state index contributed by atoms with van der Waals surface area (Å²) in [5, 5.41) is 14.6. The Labute approximate surface area is 151 Å². The van der Waals surface area contributed by atoms with E-state index < -0.39 is 9.84 Å². The Morgan fingerprint density at radius 3 is 2.50 bits per heavy atom. The first kappa shape index (κ1) is 17.9. The van der Waals surface area contributed by atoms with Crippen molar-refractivity contribution in [1.29, 1.82) is 0 Å². The minimum absolute atomic E-state index is 0.308. The Morgan fingerprint density at radius 1 is 1.08 bits per heavy atom. The van der Waals surface area contributed by atoms with E-state index in [1.807, 2.05) is 28.8 Å². The Morgan fingerprint density at radius 2 is 1.81 bits per heavy atom. The van der Waals surface area contributed by atoms with Gasteiger partial charge in [0.25, 0.3) is 0 Å². The van der Waals surface area contributed by atoms with Gasteiger partial charge in [-0.25, -0.2) is 8.42 Å². The summed E-state index contributed by atoms with van der Waals surface area (Å²) in [6, 6.07) is 12.5. The molecule has 0 aliphatic carbocycles. The number of hydrogen-bond acceptors (Lipinski definition) is 5. The molecule has 0 radical (unpaired) electrons. The fourth-order valence-electron chi connectivity index (χ4n) is 2.44. The van der Waals surface area contributed by atoms with Crippen LogP contribution in [0.15, 0.2) is 58.5 Å². The van der Waals surface area contributed by atoms with Gasteiger partial charge in [0.05, 0.1) is 11.4 Å². The van der Waals surface area contributed by atoms with Crippen LogP contribution >= 0.6 is 0 Å². The topological polar surface area (TPSA) is 101 Å². The van der Waals surface area contributed by atoms with Crippen molar-refractivity contribution in [3.05, 3.63) is 60.0 Å². The molecule has 8 nitrogen and oxygen atoms in total. The van der Waals surface area contributed by atoms with Gasteiger partial charge in [0.15, 0.2) is 27.3 Å². The molecule has 0 atom stereocenters. The Balaban J connectivity index is 1.58. The molecule has 0 saturated heterocycles. The largest absolute Gasteiger partial charge is 0.352 e. The average Bonchev–Trinajstić information content (AvgIpc) is 3.05. The summed E-state index contributed by atoms with van der Waals surface area (Å²) in [5.41, 5.74) is 1.74. The molecule has 3 aromatic rings. The second kappa shape index (κ2) is 7.52. The van der Waals surface area contributed by atoms with Crippen molar-refractivity contribution in [3.63, 3.8) is 0 Å². The standard InChI is InChI=1S/C17H20N6O2S/c1-18-17(19-11-13-6-8-14(9-7-13)26(2,24)25)20-12-16-22-21-15-5-3-4-10-23(15)16/h3-10H,11-12H2,1-2H3,(H2,18,19,20). The highest BCUT2D eigenvalue weighted by atomic mass is 32.2.